The van der Waals surface area contributed by atoms with Crippen molar-refractivity contribution < 1.29 is 19.1 Å². The van der Waals surface area contributed by atoms with Crippen LogP contribution in [-0.4, -0.2) is 34.6 Å². The number of rotatable bonds is 4. The predicted octanol–water partition coefficient (Wildman–Crippen LogP) is 0.604. The zero-order valence-electron chi connectivity index (χ0n) is 12.3. The van der Waals surface area contributed by atoms with E-state index in [9.17, 15) is 14.7 Å². The SMILES string of the molecule is CC(O)(CNC(=O)C(=O)NC(C)(C)C)Cc1ccco1. The minimum absolute atomic E-state index is 0.0376. The summed E-state index contributed by atoms with van der Waals surface area (Å²) in [6.45, 7) is 6.88. The van der Waals surface area contributed by atoms with Crippen LogP contribution in [0.25, 0.3) is 0 Å². The largest absolute Gasteiger partial charge is 0.469 e. The van der Waals surface area contributed by atoms with Crippen molar-refractivity contribution in [2.75, 3.05) is 6.54 Å². The topological polar surface area (TPSA) is 91.6 Å². The third-order valence-corrected chi connectivity index (χ3v) is 2.46. The number of hydrogen-bond donors (Lipinski definition) is 3. The highest BCUT2D eigenvalue weighted by atomic mass is 16.3. The third kappa shape index (κ3) is 5.88. The first-order chi connectivity index (χ1) is 9.09. The maximum absolute atomic E-state index is 11.6. The van der Waals surface area contributed by atoms with Gasteiger partial charge in [0.2, 0.25) is 0 Å². The molecule has 1 atom stereocenters. The Bertz CT molecular complexity index is 458. The molecule has 1 heterocycles. The predicted molar refractivity (Wildman–Crippen MR) is 73.9 cm³/mol. The van der Waals surface area contributed by atoms with E-state index in [0.29, 0.717) is 5.76 Å². The number of hydrogen-bond acceptors (Lipinski definition) is 4. The molecular formula is C14H22N2O4. The molecule has 0 aliphatic rings. The van der Waals surface area contributed by atoms with Crippen LogP contribution in [0.1, 0.15) is 33.5 Å². The summed E-state index contributed by atoms with van der Waals surface area (Å²) in [5.41, 5.74) is -1.67. The van der Waals surface area contributed by atoms with E-state index in [4.69, 9.17) is 4.42 Å². The molecule has 0 saturated carbocycles. The Kier molecular flexibility index (Phi) is 4.94. The van der Waals surface area contributed by atoms with Gasteiger partial charge in [0.25, 0.3) is 0 Å². The average molecular weight is 282 g/mol. The molecule has 1 aromatic heterocycles. The van der Waals surface area contributed by atoms with E-state index in [2.05, 4.69) is 10.6 Å². The first kappa shape index (κ1) is 16.2. The van der Waals surface area contributed by atoms with Gasteiger partial charge < -0.3 is 20.2 Å². The highest BCUT2D eigenvalue weighted by Gasteiger charge is 2.26. The third-order valence-electron chi connectivity index (χ3n) is 2.46. The lowest BCUT2D eigenvalue weighted by molar-refractivity contribution is -0.140. The van der Waals surface area contributed by atoms with Crippen molar-refractivity contribution in [1.82, 2.24) is 10.6 Å². The van der Waals surface area contributed by atoms with Crippen molar-refractivity contribution >= 4 is 11.8 Å². The highest BCUT2D eigenvalue weighted by molar-refractivity contribution is 6.35. The minimum atomic E-state index is -1.18. The first-order valence-corrected chi connectivity index (χ1v) is 6.44. The molecule has 6 nitrogen and oxygen atoms in total. The maximum Gasteiger partial charge on any atom is 0.309 e. The lowest BCUT2D eigenvalue weighted by Crippen LogP contribution is -2.51. The quantitative estimate of drug-likeness (QED) is 0.705. The van der Waals surface area contributed by atoms with Gasteiger partial charge in [-0.1, -0.05) is 0 Å². The summed E-state index contributed by atoms with van der Waals surface area (Å²) in [5.74, 6) is -0.866. The van der Waals surface area contributed by atoms with Gasteiger partial charge in [0.05, 0.1) is 11.9 Å². The fourth-order valence-electron chi connectivity index (χ4n) is 1.60. The minimum Gasteiger partial charge on any atom is -0.469 e. The molecule has 6 heteroatoms. The van der Waals surface area contributed by atoms with Gasteiger partial charge >= 0.3 is 11.8 Å². The van der Waals surface area contributed by atoms with Crippen LogP contribution in [0.3, 0.4) is 0 Å². The molecule has 0 aliphatic carbocycles. The van der Waals surface area contributed by atoms with Crippen molar-refractivity contribution in [3.8, 4) is 0 Å². The molecule has 0 aromatic carbocycles. The molecule has 1 aromatic rings. The molecule has 0 radical (unpaired) electrons. The van der Waals surface area contributed by atoms with Crippen LogP contribution < -0.4 is 10.6 Å². The van der Waals surface area contributed by atoms with Crippen molar-refractivity contribution in [3.05, 3.63) is 24.2 Å². The summed E-state index contributed by atoms with van der Waals surface area (Å²) in [6.07, 6.45) is 1.77. The van der Waals surface area contributed by atoms with E-state index in [1.165, 1.54) is 6.26 Å². The molecule has 1 unspecified atom stereocenters. The lowest BCUT2D eigenvalue weighted by Gasteiger charge is -2.23. The Hall–Kier alpha value is -1.82. The van der Waals surface area contributed by atoms with Gasteiger partial charge in [-0.3, -0.25) is 9.59 Å². The smallest absolute Gasteiger partial charge is 0.309 e. The zero-order valence-corrected chi connectivity index (χ0v) is 12.3. The summed E-state index contributed by atoms with van der Waals surface area (Å²) in [6, 6.07) is 3.46. The number of furan rings is 1. The standard InChI is InChI=1S/C14H22N2O4/c1-13(2,3)16-12(18)11(17)15-9-14(4,19)8-10-6-5-7-20-10/h5-7,19H,8-9H2,1-4H3,(H,15,17)(H,16,18). The van der Waals surface area contributed by atoms with Crippen LogP contribution in [0.5, 0.6) is 0 Å². The second kappa shape index (κ2) is 6.09. The molecule has 20 heavy (non-hydrogen) atoms. The van der Waals surface area contributed by atoms with Crippen LogP contribution in [0.15, 0.2) is 22.8 Å². The van der Waals surface area contributed by atoms with Crippen molar-refractivity contribution in [2.24, 2.45) is 0 Å². The number of nitrogens with one attached hydrogen (secondary N) is 2. The van der Waals surface area contributed by atoms with E-state index in [1.54, 1.807) is 39.8 Å². The molecule has 0 bridgehead atoms. The van der Waals surface area contributed by atoms with Crippen molar-refractivity contribution in [3.63, 3.8) is 0 Å². The van der Waals surface area contributed by atoms with E-state index in [1.807, 2.05) is 0 Å². The molecule has 112 valence electrons. The Morgan fingerprint density at radius 1 is 1.25 bits per heavy atom. The molecule has 2 amide bonds. The average Bonchev–Trinajstić information content (AvgIpc) is 2.75. The second-order valence-corrected chi connectivity index (χ2v) is 6.14. The van der Waals surface area contributed by atoms with E-state index >= 15 is 0 Å². The van der Waals surface area contributed by atoms with Crippen LogP contribution in [0, 0.1) is 0 Å². The Balaban J connectivity index is 2.45. The second-order valence-electron chi connectivity index (χ2n) is 6.14. The number of aliphatic hydroxyl groups is 1. The van der Waals surface area contributed by atoms with Gasteiger partial charge in [0, 0.05) is 18.5 Å². The lowest BCUT2D eigenvalue weighted by atomic mass is 10.0. The fraction of sp³-hybridized carbons (Fsp3) is 0.571. The molecule has 0 aliphatic heterocycles. The van der Waals surface area contributed by atoms with E-state index < -0.39 is 23.0 Å². The molecular weight excluding hydrogens is 260 g/mol. The number of carbonyl (C=O) groups excluding carboxylic acids is 2. The van der Waals surface area contributed by atoms with Crippen LogP contribution in [0.2, 0.25) is 0 Å². The van der Waals surface area contributed by atoms with Gasteiger partial charge in [-0.05, 0) is 39.8 Å². The molecule has 1 rings (SSSR count). The first-order valence-electron chi connectivity index (χ1n) is 6.44. The zero-order chi connectivity index (χ0) is 15.4. The molecule has 0 spiro atoms. The normalized spacial score (nSPS) is 14.4. The van der Waals surface area contributed by atoms with Crippen LogP contribution in [-0.2, 0) is 16.0 Å². The number of carbonyl (C=O) groups is 2. The van der Waals surface area contributed by atoms with Gasteiger partial charge in [-0.2, -0.15) is 0 Å². The van der Waals surface area contributed by atoms with E-state index in [-0.39, 0.29) is 13.0 Å². The summed E-state index contributed by atoms with van der Waals surface area (Å²) in [7, 11) is 0. The van der Waals surface area contributed by atoms with Crippen molar-refractivity contribution in [1.29, 1.82) is 0 Å². The summed E-state index contributed by atoms with van der Waals surface area (Å²) >= 11 is 0. The highest BCUT2D eigenvalue weighted by Crippen LogP contribution is 2.12. The van der Waals surface area contributed by atoms with Gasteiger partial charge in [0.1, 0.15) is 5.76 Å². The monoisotopic (exact) mass is 282 g/mol. The molecule has 0 fully saturated rings. The summed E-state index contributed by atoms with van der Waals surface area (Å²) < 4.78 is 5.14. The fourth-order valence-corrected chi connectivity index (χ4v) is 1.60. The van der Waals surface area contributed by atoms with Gasteiger partial charge in [-0.25, -0.2) is 0 Å². The molecule has 3 N–H and O–H groups in total. The van der Waals surface area contributed by atoms with Gasteiger partial charge in [0.15, 0.2) is 0 Å². The van der Waals surface area contributed by atoms with Crippen LogP contribution >= 0.6 is 0 Å². The maximum atomic E-state index is 11.6. The van der Waals surface area contributed by atoms with Gasteiger partial charge in [-0.15, -0.1) is 0 Å². The Labute approximate surface area is 118 Å². The molecule has 0 saturated heterocycles. The Morgan fingerprint density at radius 3 is 2.40 bits per heavy atom. The van der Waals surface area contributed by atoms with Crippen LogP contribution in [0.4, 0.5) is 0 Å². The Morgan fingerprint density at radius 2 is 1.90 bits per heavy atom. The summed E-state index contributed by atoms with van der Waals surface area (Å²) in [4.78, 5) is 23.2. The number of amides is 2. The van der Waals surface area contributed by atoms with Crippen molar-refractivity contribution in [2.45, 2.75) is 45.3 Å². The summed E-state index contributed by atoms with van der Waals surface area (Å²) in [5, 5.41) is 15.1. The van der Waals surface area contributed by atoms with E-state index in [0.717, 1.165) is 0 Å².